The average molecular weight is 404 g/mol. The van der Waals surface area contributed by atoms with Gasteiger partial charge in [0.25, 0.3) is 0 Å². The Hall–Kier alpha value is -2.89. The summed E-state index contributed by atoms with van der Waals surface area (Å²) in [5.74, 6) is 1.69. The standard InChI is InChI=1S/C23H18ClN3O2/c24-14-9-13-10-21(23-18-12-25-7-6-20(18)27-29-23)28-22(13)17(11-14)15-5-8-26-19-4-2-1-3-16(15)19/h1-5,8-9,11,21,25H,6-7,10,12H2. The van der Waals surface area contributed by atoms with Crippen molar-refractivity contribution in [3.8, 4) is 16.9 Å². The fourth-order valence-electron chi connectivity index (χ4n) is 4.42. The van der Waals surface area contributed by atoms with Crippen LogP contribution in [0.5, 0.6) is 5.75 Å². The van der Waals surface area contributed by atoms with E-state index in [1.165, 1.54) is 0 Å². The Bertz CT molecular complexity index is 1250. The molecule has 4 aromatic rings. The molecule has 0 radical (unpaired) electrons. The highest BCUT2D eigenvalue weighted by Gasteiger charge is 2.34. The molecule has 6 rings (SSSR count). The van der Waals surface area contributed by atoms with Crippen LogP contribution in [0.4, 0.5) is 0 Å². The van der Waals surface area contributed by atoms with Crippen LogP contribution in [0, 0.1) is 0 Å². The largest absolute Gasteiger partial charge is 0.481 e. The van der Waals surface area contributed by atoms with Gasteiger partial charge in [0.1, 0.15) is 5.75 Å². The van der Waals surface area contributed by atoms with Gasteiger partial charge in [-0.3, -0.25) is 4.98 Å². The molecule has 0 amide bonds. The van der Waals surface area contributed by atoms with Crippen LogP contribution < -0.4 is 10.1 Å². The van der Waals surface area contributed by atoms with Gasteiger partial charge < -0.3 is 14.6 Å². The molecule has 29 heavy (non-hydrogen) atoms. The molecule has 4 heterocycles. The summed E-state index contributed by atoms with van der Waals surface area (Å²) in [6.07, 6.45) is 3.24. The van der Waals surface area contributed by atoms with E-state index in [2.05, 4.69) is 21.5 Å². The summed E-state index contributed by atoms with van der Waals surface area (Å²) in [6.45, 7) is 1.70. The van der Waals surface area contributed by atoms with Crippen molar-refractivity contribution < 1.29 is 9.26 Å². The van der Waals surface area contributed by atoms with Crippen molar-refractivity contribution >= 4 is 22.5 Å². The van der Waals surface area contributed by atoms with Gasteiger partial charge in [-0.1, -0.05) is 35.0 Å². The molecule has 0 spiro atoms. The Morgan fingerprint density at radius 3 is 3.00 bits per heavy atom. The van der Waals surface area contributed by atoms with Crippen LogP contribution in [0.25, 0.3) is 22.0 Å². The average Bonchev–Trinajstić information content (AvgIpc) is 3.36. The monoisotopic (exact) mass is 403 g/mol. The van der Waals surface area contributed by atoms with E-state index in [0.717, 1.165) is 69.9 Å². The van der Waals surface area contributed by atoms with Crippen molar-refractivity contribution in [1.29, 1.82) is 0 Å². The summed E-state index contributed by atoms with van der Waals surface area (Å²) in [6, 6.07) is 14.1. The molecule has 6 heteroatoms. The highest BCUT2D eigenvalue weighted by Crippen LogP contribution is 2.47. The van der Waals surface area contributed by atoms with E-state index in [1.54, 1.807) is 0 Å². The molecule has 0 fully saturated rings. The van der Waals surface area contributed by atoms with Crippen LogP contribution in [-0.4, -0.2) is 16.7 Å². The van der Waals surface area contributed by atoms with Gasteiger partial charge in [-0.15, -0.1) is 0 Å². The van der Waals surface area contributed by atoms with Crippen LogP contribution in [0.15, 0.2) is 53.2 Å². The third-order valence-electron chi connectivity index (χ3n) is 5.77. The van der Waals surface area contributed by atoms with E-state index in [0.29, 0.717) is 11.4 Å². The van der Waals surface area contributed by atoms with Crippen LogP contribution in [-0.2, 0) is 19.4 Å². The Morgan fingerprint density at radius 2 is 2.03 bits per heavy atom. The number of rotatable bonds is 2. The maximum Gasteiger partial charge on any atom is 0.182 e. The summed E-state index contributed by atoms with van der Waals surface area (Å²) >= 11 is 6.50. The molecule has 2 aromatic carbocycles. The van der Waals surface area contributed by atoms with E-state index in [9.17, 15) is 0 Å². The zero-order valence-corrected chi connectivity index (χ0v) is 16.4. The van der Waals surface area contributed by atoms with E-state index >= 15 is 0 Å². The number of halogens is 1. The van der Waals surface area contributed by atoms with Gasteiger partial charge in [0.2, 0.25) is 0 Å². The number of hydrogen-bond donors (Lipinski definition) is 1. The quantitative estimate of drug-likeness (QED) is 0.517. The number of fused-ring (bicyclic) bond motifs is 3. The van der Waals surface area contributed by atoms with Crippen LogP contribution in [0.2, 0.25) is 5.02 Å². The van der Waals surface area contributed by atoms with Crippen LogP contribution >= 0.6 is 11.6 Å². The third kappa shape index (κ3) is 2.73. The Balaban J connectivity index is 1.47. The zero-order valence-electron chi connectivity index (χ0n) is 15.6. The minimum Gasteiger partial charge on any atom is -0.481 e. The van der Waals surface area contributed by atoms with Gasteiger partial charge in [0.05, 0.1) is 11.2 Å². The number of aromatic nitrogens is 2. The predicted molar refractivity (Wildman–Crippen MR) is 111 cm³/mol. The van der Waals surface area contributed by atoms with Crippen molar-refractivity contribution in [3.05, 3.63) is 76.3 Å². The zero-order chi connectivity index (χ0) is 19.4. The lowest BCUT2D eigenvalue weighted by atomic mass is 9.97. The van der Waals surface area contributed by atoms with Crippen molar-refractivity contribution in [2.45, 2.75) is 25.5 Å². The first-order valence-electron chi connectivity index (χ1n) is 9.79. The molecule has 1 atom stereocenters. The topological polar surface area (TPSA) is 60.2 Å². The Kier molecular flexibility index (Phi) is 3.86. The summed E-state index contributed by atoms with van der Waals surface area (Å²) < 4.78 is 12.2. The van der Waals surface area contributed by atoms with Crippen molar-refractivity contribution in [2.24, 2.45) is 0 Å². The van der Waals surface area contributed by atoms with Crippen molar-refractivity contribution in [3.63, 3.8) is 0 Å². The maximum atomic E-state index is 6.50. The highest BCUT2D eigenvalue weighted by molar-refractivity contribution is 6.31. The van der Waals surface area contributed by atoms with Gasteiger partial charge in [-0.25, -0.2) is 0 Å². The molecular weight excluding hydrogens is 386 g/mol. The Labute approximate surface area is 172 Å². The second-order valence-corrected chi connectivity index (χ2v) is 7.96. The summed E-state index contributed by atoms with van der Waals surface area (Å²) in [4.78, 5) is 4.48. The highest BCUT2D eigenvalue weighted by atomic mass is 35.5. The minimum absolute atomic E-state index is 0.188. The van der Waals surface area contributed by atoms with Gasteiger partial charge in [-0.05, 0) is 29.8 Å². The molecule has 0 aliphatic carbocycles. The molecule has 144 valence electrons. The summed E-state index contributed by atoms with van der Waals surface area (Å²) in [5, 5.41) is 9.44. The molecule has 2 aliphatic heterocycles. The molecule has 0 saturated carbocycles. The number of ether oxygens (including phenoxy) is 1. The molecule has 2 aliphatic rings. The van der Waals surface area contributed by atoms with E-state index < -0.39 is 0 Å². The van der Waals surface area contributed by atoms with Crippen LogP contribution in [0.3, 0.4) is 0 Å². The van der Waals surface area contributed by atoms with Gasteiger partial charge in [0, 0.05) is 59.2 Å². The lowest BCUT2D eigenvalue weighted by Gasteiger charge is -2.15. The minimum atomic E-state index is -0.188. The number of nitrogens with zero attached hydrogens (tertiary/aromatic N) is 2. The molecule has 0 bridgehead atoms. The fourth-order valence-corrected chi connectivity index (χ4v) is 4.66. The first-order valence-corrected chi connectivity index (χ1v) is 10.2. The SMILES string of the molecule is Clc1cc2c(c(-c3ccnc4ccccc34)c1)OC(c1onc3c1CNCC3)C2. The molecule has 2 aromatic heterocycles. The van der Waals surface area contributed by atoms with E-state index in [4.69, 9.17) is 20.9 Å². The summed E-state index contributed by atoms with van der Waals surface area (Å²) in [7, 11) is 0. The molecule has 1 N–H and O–H groups in total. The normalized spacial score (nSPS) is 17.8. The first kappa shape index (κ1) is 17.0. The van der Waals surface area contributed by atoms with Gasteiger partial charge in [-0.2, -0.15) is 0 Å². The number of hydrogen-bond acceptors (Lipinski definition) is 5. The van der Waals surface area contributed by atoms with E-state index in [-0.39, 0.29) is 6.10 Å². The first-order chi connectivity index (χ1) is 14.3. The fraction of sp³-hybridized carbons (Fsp3) is 0.217. The van der Waals surface area contributed by atoms with Gasteiger partial charge in [0.15, 0.2) is 11.9 Å². The summed E-state index contributed by atoms with van der Waals surface area (Å²) in [5.41, 5.74) is 6.26. The van der Waals surface area contributed by atoms with E-state index in [1.807, 2.05) is 42.6 Å². The Morgan fingerprint density at radius 1 is 1.10 bits per heavy atom. The lowest BCUT2D eigenvalue weighted by Crippen LogP contribution is -2.24. The maximum absolute atomic E-state index is 6.50. The second-order valence-electron chi connectivity index (χ2n) is 7.53. The molecular formula is C23H18ClN3O2. The smallest absolute Gasteiger partial charge is 0.182 e. The molecule has 1 unspecified atom stereocenters. The second kappa shape index (κ2) is 6.58. The number of pyridine rings is 1. The number of benzene rings is 2. The third-order valence-corrected chi connectivity index (χ3v) is 5.99. The van der Waals surface area contributed by atoms with Crippen molar-refractivity contribution in [2.75, 3.05) is 6.54 Å². The van der Waals surface area contributed by atoms with Crippen LogP contribution in [0.1, 0.15) is 28.7 Å². The number of para-hydroxylation sites is 1. The predicted octanol–water partition coefficient (Wildman–Crippen LogP) is 4.87. The molecule has 0 saturated heterocycles. The number of nitrogens with one attached hydrogen (secondary N) is 1. The van der Waals surface area contributed by atoms with Gasteiger partial charge >= 0.3 is 0 Å². The van der Waals surface area contributed by atoms with Crippen molar-refractivity contribution in [1.82, 2.24) is 15.5 Å². The molecule has 5 nitrogen and oxygen atoms in total. The lowest BCUT2D eigenvalue weighted by molar-refractivity contribution is 0.189.